The lowest BCUT2D eigenvalue weighted by molar-refractivity contribution is 0.0690. The molecular formula is C35H36N6O5. The molecule has 11 heteroatoms. The predicted octanol–water partition coefficient (Wildman–Crippen LogP) is 5.69. The molecule has 0 spiro atoms. The molecule has 0 saturated carbocycles. The van der Waals surface area contributed by atoms with Gasteiger partial charge in [0.1, 0.15) is 17.2 Å². The Hall–Kier alpha value is -5.94. The van der Waals surface area contributed by atoms with Gasteiger partial charge in [-0.1, -0.05) is 43.8 Å². The van der Waals surface area contributed by atoms with Crippen LogP contribution in [0.1, 0.15) is 39.5 Å². The summed E-state index contributed by atoms with van der Waals surface area (Å²) in [7, 11) is 3.26. The van der Waals surface area contributed by atoms with Crippen LogP contribution in [0.5, 0.6) is 11.5 Å². The van der Waals surface area contributed by atoms with Crippen molar-refractivity contribution in [3.05, 3.63) is 132 Å². The summed E-state index contributed by atoms with van der Waals surface area (Å²) in [5.74, 6) is 0.340. The SMILES string of the molecule is C.COc1ccccc1CN.COc1ccccc1CNC(=O)c1ccc2cccnc2n1.O=C(O)c1ccc2cccnc2n1. The number of pyridine rings is 4. The number of ether oxygens (including phenoxy) is 2. The molecule has 11 nitrogen and oxygen atoms in total. The summed E-state index contributed by atoms with van der Waals surface area (Å²) in [5, 5.41) is 13.2. The Morgan fingerprint density at radius 3 is 1.72 bits per heavy atom. The van der Waals surface area contributed by atoms with Gasteiger partial charge in [-0.3, -0.25) is 4.79 Å². The van der Waals surface area contributed by atoms with Gasteiger partial charge in [0.25, 0.3) is 5.91 Å². The number of carboxylic acids is 1. The number of carboxylic acid groups (broad SMARTS) is 1. The second-order valence-electron chi connectivity index (χ2n) is 9.31. The number of nitrogens with zero attached hydrogens (tertiary/aromatic N) is 4. The first kappa shape index (κ1) is 34.5. The lowest BCUT2D eigenvalue weighted by atomic mass is 10.2. The first-order chi connectivity index (χ1) is 21.9. The van der Waals surface area contributed by atoms with Crippen LogP contribution in [0.15, 0.2) is 109 Å². The Kier molecular flexibility index (Phi) is 13.1. The van der Waals surface area contributed by atoms with E-state index < -0.39 is 5.97 Å². The third kappa shape index (κ3) is 9.28. The van der Waals surface area contributed by atoms with Gasteiger partial charge < -0.3 is 25.6 Å². The van der Waals surface area contributed by atoms with Crippen LogP contribution in [0.2, 0.25) is 0 Å². The van der Waals surface area contributed by atoms with E-state index in [1.54, 1.807) is 44.8 Å². The van der Waals surface area contributed by atoms with Crippen molar-refractivity contribution >= 4 is 33.9 Å². The van der Waals surface area contributed by atoms with Crippen LogP contribution in [0.4, 0.5) is 0 Å². The maximum atomic E-state index is 12.2. The Balaban J connectivity index is 0.000000204. The Morgan fingerprint density at radius 2 is 1.20 bits per heavy atom. The minimum Gasteiger partial charge on any atom is -0.496 e. The molecule has 0 atom stereocenters. The molecule has 0 bridgehead atoms. The molecule has 6 rings (SSSR count). The number of nitrogens with one attached hydrogen (secondary N) is 1. The van der Waals surface area contributed by atoms with Crippen LogP contribution in [0.3, 0.4) is 0 Å². The summed E-state index contributed by atoms with van der Waals surface area (Å²) in [4.78, 5) is 39.0. The minimum absolute atomic E-state index is 0. The van der Waals surface area contributed by atoms with Gasteiger partial charge in [0.15, 0.2) is 17.0 Å². The van der Waals surface area contributed by atoms with Crippen molar-refractivity contribution in [2.75, 3.05) is 14.2 Å². The summed E-state index contributed by atoms with van der Waals surface area (Å²) < 4.78 is 10.3. The van der Waals surface area contributed by atoms with Crippen LogP contribution >= 0.6 is 0 Å². The lowest BCUT2D eigenvalue weighted by Crippen LogP contribution is -2.24. The number of aromatic carboxylic acids is 1. The fourth-order valence-electron chi connectivity index (χ4n) is 4.14. The first-order valence-corrected chi connectivity index (χ1v) is 13.8. The van der Waals surface area contributed by atoms with Crippen LogP contribution < -0.4 is 20.5 Å². The summed E-state index contributed by atoms with van der Waals surface area (Å²) in [6, 6.07) is 29.4. The van der Waals surface area contributed by atoms with Crippen LogP contribution in [-0.2, 0) is 13.1 Å². The number of aromatic nitrogens is 4. The van der Waals surface area contributed by atoms with E-state index in [4.69, 9.17) is 20.3 Å². The highest BCUT2D eigenvalue weighted by Gasteiger charge is 2.10. The lowest BCUT2D eigenvalue weighted by Gasteiger charge is -2.09. The number of fused-ring (bicyclic) bond motifs is 2. The van der Waals surface area contributed by atoms with Crippen molar-refractivity contribution in [1.29, 1.82) is 0 Å². The first-order valence-electron chi connectivity index (χ1n) is 13.8. The van der Waals surface area contributed by atoms with Crippen molar-refractivity contribution in [3.8, 4) is 11.5 Å². The summed E-state index contributed by atoms with van der Waals surface area (Å²) in [6.07, 6.45) is 3.24. The van der Waals surface area contributed by atoms with E-state index >= 15 is 0 Å². The van der Waals surface area contributed by atoms with Crippen LogP contribution in [0.25, 0.3) is 22.1 Å². The number of rotatable bonds is 7. The van der Waals surface area contributed by atoms with Gasteiger partial charge in [-0.15, -0.1) is 0 Å². The normalized spacial score (nSPS) is 9.89. The molecular weight excluding hydrogens is 584 g/mol. The molecule has 6 aromatic rings. The molecule has 0 aliphatic rings. The summed E-state index contributed by atoms with van der Waals surface area (Å²) in [5.41, 5.74) is 8.80. The Morgan fingerprint density at radius 1 is 0.696 bits per heavy atom. The number of carbonyl (C=O) groups is 2. The van der Waals surface area contributed by atoms with Gasteiger partial charge in [-0.2, -0.15) is 0 Å². The summed E-state index contributed by atoms with van der Waals surface area (Å²) in [6.45, 7) is 0.912. The number of carbonyl (C=O) groups excluding carboxylic acids is 1. The quantitative estimate of drug-likeness (QED) is 0.202. The number of nitrogens with two attached hydrogens (primary N) is 1. The zero-order chi connectivity index (χ0) is 32.0. The highest BCUT2D eigenvalue weighted by atomic mass is 16.5. The number of para-hydroxylation sites is 2. The van der Waals surface area contributed by atoms with Gasteiger partial charge in [0.2, 0.25) is 0 Å². The van der Waals surface area contributed by atoms with Crippen molar-refractivity contribution in [3.63, 3.8) is 0 Å². The standard InChI is InChI=1S/C17H15N3O2.C9H6N2O2.C8H11NO.CH4/c1-22-15-7-3-2-5-13(15)11-19-17(21)14-9-8-12-6-4-10-18-16(12)20-14;12-9(13)7-4-3-6-2-1-5-10-8(6)11-7;1-10-8-5-3-2-4-7(8)6-9;/h2-10H,11H2,1H3,(H,19,21);1-5H,(H,12,13);2-5H,6,9H2,1H3;1H4. The second kappa shape index (κ2) is 17.4. The Bertz CT molecular complexity index is 1880. The maximum absolute atomic E-state index is 12.2. The molecule has 2 aromatic carbocycles. The van der Waals surface area contributed by atoms with E-state index in [1.807, 2.05) is 72.8 Å². The minimum atomic E-state index is -1.03. The molecule has 46 heavy (non-hydrogen) atoms. The fourth-order valence-corrected chi connectivity index (χ4v) is 4.14. The van der Waals surface area contributed by atoms with Gasteiger partial charge in [-0.25, -0.2) is 24.7 Å². The fraction of sp³-hybridized carbons (Fsp3) is 0.143. The second-order valence-corrected chi connectivity index (χ2v) is 9.31. The van der Waals surface area contributed by atoms with E-state index in [1.165, 1.54) is 6.07 Å². The summed E-state index contributed by atoms with van der Waals surface area (Å²) >= 11 is 0. The average molecular weight is 621 g/mol. The molecule has 4 heterocycles. The monoisotopic (exact) mass is 620 g/mol. The molecule has 1 amide bonds. The average Bonchev–Trinajstić information content (AvgIpc) is 3.10. The molecule has 4 aromatic heterocycles. The highest BCUT2D eigenvalue weighted by Crippen LogP contribution is 2.17. The van der Waals surface area contributed by atoms with E-state index in [2.05, 4.69) is 25.3 Å². The van der Waals surface area contributed by atoms with Gasteiger partial charge in [0.05, 0.1) is 14.2 Å². The van der Waals surface area contributed by atoms with E-state index in [-0.39, 0.29) is 19.0 Å². The predicted molar refractivity (Wildman–Crippen MR) is 178 cm³/mol. The van der Waals surface area contributed by atoms with Crippen LogP contribution in [0, 0.1) is 0 Å². The number of benzene rings is 2. The van der Waals surface area contributed by atoms with E-state index in [0.29, 0.717) is 30.1 Å². The molecule has 0 fully saturated rings. The molecule has 0 aliphatic carbocycles. The maximum Gasteiger partial charge on any atom is 0.354 e. The van der Waals surface area contributed by atoms with Gasteiger partial charge >= 0.3 is 5.97 Å². The number of hydrogen-bond acceptors (Lipinski definition) is 9. The van der Waals surface area contributed by atoms with Crippen molar-refractivity contribution in [2.45, 2.75) is 20.5 Å². The van der Waals surface area contributed by atoms with Crippen molar-refractivity contribution in [2.24, 2.45) is 5.73 Å². The zero-order valence-corrected chi connectivity index (χ0v) is 24.8. The topological polar surface area (TPSA) is 162 Å². The highest BCUT2D eigenvalue weighted by molar-refractivity contribution is 5.94. The van der Waals surface area contributed by atoms with E-state index in [0.717, 1.165) is 33.4 Å². The third-order valence-electron chi connectivity index (χ3n) is 6.42. The molecule has 0 unspecified atom stereocenters. The van der Waals surface area contributed by atoms with E-state index in [9.17, 15) is 9.59 Å². The van der Waals surface area contributed by atoms with Gasteiger partial charge in [0, 0.05) is 47.4 Å². The Labute approximate surface area is 267 Å². The van der Waals surface area contributed by atoms with Crippen molar-refractivity contribution < 1.29 is 24.2 Å². The van der Waals surface area contributed by atoms with Gasteiger partial charge in [-0.05, 0) is 60.7 Å². The number of amides is 1. The van der Waals surface area contributed by atoms with Crippen LogP contribution in [-0.4, -0.2) is 51.1 Å². The molecule has 236 valence electrons. The molecule has 0 aliphatic heterocycles. The number of methoxy groups -OCH3 is 2. The third-order valence-corrected chi connectivity index (χ3v) is 6.42. The largest absolute Gasteiger partial charge is 0.496 e. The zero-order valence-electron chi connectivity index (χ0n) is 24.8. The molecule has 4 N–H and O–H groups in total. The van der Waals surface area contributed by atoms with Crippen molar-refractivity contribution in [1.82, 2.24) is 25.3 Å². The molecule has 0 radical (unpaired) electrons. The smallest absolute Gasteiger partial charge is 0.354 e. The molecule has 0 saturated heterocycles. The number of hydrogen-bond donors (Lipinski definition) is 3.